The second-order valence-corrected chi connectivity index (χ2v) is 6.61. The van der Waals surface area contributed by atoms with Crippen molar-refractivity contribution in [3.8, 4) is 5.75 Å². The average molecular weight is 363 g/mol. The second kappa shape index (κ2) is 7.61. The molecule has 0 aliphatic heterocycles. The minimum atomic E-state index is 0.0965. The fraction of sp³-hybridized carbons (Fsp3) is 0.286. The minimum absolute atomic E-state index is 0.0965. The van der Waals surface area contributed by atoms with Crippen LogP contribution in [0.5, 0.6) is 5.75 Å². The number of carbonyl (C=O) groups excluding carboxylic acids is 1. The van der Waals surface area contributed by atoms with Gasteiger partial charge in [0, 0.05) is 25.6 Å². The third kappa shape index (κ3) is 3.84. The van der Waals surface area contributed by atoms with Gasteiger partial charge in [-0.15, -0.1) is 0 Å². The Morgan fingerprint density at radius 3 is 2.81 bits per heavy atom. The standard InChI is InChI=1S/C21H21N3O3/c1-26-16-6-4-14(5-7-16)15-11-19-18(20(25)12-15)13-23-21(24-19)22-9-8-17-3-2-10-27-17/h2-7,10,13,15H,8-9,11-12H2,1H3,(H,22,23,24). The van der Waals surface area contributed by atoms with Gasteiger partial charge in [-0.25, -0.2) is 9.97 Å². The highest BCUT2D eigenvalue weighted by Crippen LogP contribution is 2.32. The number of aromatic nitrogens is 2. The summed E-state index contributed by atoms with van der Waals surface area (Å²) in [5.74, 6) is 2.49. The van der Waals surface area contributed by atoms with Crippen molar-refractivity contribution in [2.45, 2.75) is 25.2 Å². The molecule has 6 nitrogen and oxygen atoms in total. The Morgan fingerprint density at radius 1 is 1.22 bits per heavy atom. The molecule has 1 aromatic carbocycles. The largest absolute Gasteiger partial charge is 0.497 e. The number of benzene rings is 1. The van der Waals surface area contributed by atoms with Crippen molar-refractivity contribution in [3.63, 3.8) is 0 Å². The fourth-order valence-electron chi connectivity index (χ4n) is 3.39. The van der Waals surface area contributed by atoms with Gasteiger partial charge in [0.25, 0.3) is 0 Å². The number of anilines is 1. The number of rotatable bonds is 6. The molecule has 0 spiro atoms. The molecular formula is C21H21N3O3. The summed E-state index contributed by atoms with van der Waals surface area (Å²) in [5, 5.41) is 3.21. The molecule has 0 fully saturated rings. The number of Topliss-reactive ketones (excluding diaryl/α,β-unsaturated/α-hetero) is 1. The third-order valence-electron chi connectivity index (χ3n) is 4.86. The van der Waals surface area contributed by atoms with Crippen molar-refractivity contribution in [1.82, 2.24) is 9.97 Å². The third-order valence-corrected chi connectivity index (χ3v) is 4.86. The maximum atomic E-state index is 12.5. The molecule has 1 aliphatic carbocycles. The number of nitrogens with zero attached hydrogens (tertiary/aromatic N) is 2. The zero-order valence-corrected chi connectivity index (χ0v) is 15.1. The predicted octanol–water partition coefficient (Wildman–Crippen LogP) is 3.65. The van der Waals surface area contributed by atoms with Crippen LogP contribution in [0.1, 0.15) is 39.7 Å². The van der Waals surface area contributed by atoms with Crippen LogP contribution in [0.3, 0.4) is 0 Å². The van der Waals surface area contributed by atoms with E-state index in [1.807, 2.05) is 36.4 Å². The van der Waals surface area contributed by atoms with Crippen LogP contribution in [0.2, 0.25) is 0 Å². The van der Waals surface area contributed by atoms with Gasteiger partial charge >= 0.3 is 0 Å². The molecule has 6 heteroatoms. The molecule has 27 heavy (non-hydrogen) atoms. The minimum Gasteiger partial charge on any atom is -0.497 e. The van der Waals surface area contributed by atoms with Crippen LogP contribution in [0.15, 0.2) is 53.3 Å². The van der Waals surface area contributed by atoms with E-state index in [4.69, 9.17) is 9.15 Å². The molecule has 0 bridgehead atoms. The first-order chi connectivity index (χ1) is 13.2. The molecule has 3 aromatic rings. The fourth-order valence-corrected chi connectivity index (χ4v) is 3.39. The number of methoxy groups -OCH3 is 1. The number of ketones is 1. The van der Waals surface area contributed by atoms with E-state index in [0.717, 1.165) is 35.6 Å². The molecule has 1 N–H and O–H groups in total. The van der Waals surface area contributed by atoms with Crippen molar-refractivity contribution < 1.29 is 13.9 Å². The number of hydrogen-bond donors (Lipinski definition) is 1. The van der Waals surface area contributed by atoms with Gasteiger partial charge in [0.05, 0.1) is 24.6 Å². The number of fused-ring (bicyclic) bond motifs is 1. The summed E-state index contributed by atoms with van der Waals surface area (Å²) in [7, 11) is 1.65. The number of hydrogen-bond acceptors (Lipinski definition) is 6. The summed E-state index contributed by atoms with van der Waals surface area (Å²) in [6.07, 6.45) is 5.26. The Kier molecular flexibility index (Phi) is 4.87. The number of carbonyl (C=O) groups is 1. The Morgan fingerprint density at radius 2 is 2.07 bits per heavy atom. The van der Waals surface area contributed by atoms with Crippen LogP contribution < -0.4 is 10.1 Å². The monoisotopic (exact) mass is 363 g/mol. The summed E-state index contributed by atoms with van der Waals surface area (Å²) < 4.78 is 10.5. The number of ether oxygens (including phenoxy) is 1. The predicted molar refractivity (Wildman–Crippen MR) is 101 cm³/mol. The first kappa shape index (κ1) is 17.3. The van der Waals surface area contributed by atoms with Crippen molar-refractivity contribution >= 4 is 11.7 Å². The summed E-state index contributed by atoms with van der Waals surface area (Å²) in [4.78, 5) is 21.4. The van der Waals surface area contributed by atoms with E-state index in [0.29, 0.717) is 24.5 Å². The quantitative estimate of drug-likeness (QED) is 0.720. The van der Waals surface area contributed by atoms with Crippen LogP contribution in [-0.2, 0) is 12.8 Å². The van der Waals surface area contributed by atoms with E-state index in [-0.39, 0.29) is 11.7 Å². The zero-order chi connectivity index (χ0) is 18.6. The molecule has 1 atom stereocenters. The molecule has 1 aliphatic rings. The summed E-state index contributed by atoms with van der Waals surface area (Å²) in [6, 6.07) is 11.7. The van der Waals surface area contributed by atoms with E-state index in [1.54, 1.807) is 19.6 Å². The van der Waals surface area contributed by atoms with E-state index < -0.39 is 0 Å². The molecule has 0 saturated heterocycles. The Hall–Kier alpha value is -3.15. The first-order valence-corrected chi connectivity index (χ1v) is 9.02. The van der Waals surface area contributed by atoms with E-state index in [2.05, 4.69) is 15.3 Å². The summed E-state index contributed by atoms with van der Waals surface area (Å²) >= 11 is 0. The second-order valence-electron chi connectivity index (χ2n) is 6.61. The van der Waals surface area contributed by atoms with Crippen LogP contribution in [0.4, 0.5) is 5.95 Å². The molecule has 4 rings (SSSR count). The van der Waals surface area contributed by atoms with E-state index in [1.165, 1.54) is 0 Å². The van der Waals surface area contributed by atoms with Crippen LogP contribution in [0, 0.1) is 0 Å². The molecule has 1 unspecified atom stereocenters. The van der Waals surface area contributed by atoms with Gasteiger partial charge in [-0.3, -0.25) is 4.79 Å². The summed E-state index contributed by atoms with van der Waals surface area (Å²) in [6.45, 7) is 0.669. The lowest BCUT2D eigenvalue weighted by Crippen LogP contribution is -2.21. The molecule has 0 amide bonds. The van der Waals surface area contributed by atoms with Gasteiger partial charge in [0.2, 0.25) is 5.95 Å². The van der Waals surface area contributed by atoms with Gasteiger partial charge in [-0.2, -0.15) is 0 Å². The average Bonchev–Trinajstić information content (AvgIpc) is 3.21. The highest BCUT2D eigenvalue weighted by molar-refractivity contribution is 5.98. The van der Waals surface area contributed by atoms with Gasteiger partial charge in [-0.1, -0.05) is 12.1 Å². The van der Waals surface area contributed by atoms with Crippen LogP contribution in [0.25, 0.3) is 0 Å². The van der Waals surface area contributed by atoms with Crippen molar-refractivity contribution in [2.75, 3.05) is 19.0 Å². The molecule has 0 saturated carbocycles. The van der Waals surface area contributed by atoms with Crippen molar-refractivity contribution in [1.29, 1.82) is 0 Å². The topological polar surface area (TPSA) is 77.2 Å². The lowest BCUT2D eigenvalue weighted by molar-refractivity contribution is 0.0962. The highest BCUT2D eigenvalue weighted by atomic mass is 16.5. The molecular weight excluding hydrogens is 342 g/mol. The van der Waals surface area contributed by atoms with Gasteiger partial charge in [0.1, 0.15) is 11.5 Å². The van der Waals surface area contributed by atoms with Gasteiger partial charge in [0.15, 0.2) is 5.78 Å². The smallest absolute Gasteiger partial charge is 0.222 e. The SMILES string of the molecule is COc1ccc(C2CC(=O)c3cnc(NCCc4ccco4)nc3C2)cc1. The van der Waals surface area contributed by atoms with Gasteiger partial charge < -0.3 is 14.5 Å². The lowest BCUT2D eigenvalue weighted by atomic mass is 9.82. The Bertz CT molecular complexity index is 920. The zero-order valence-electron chi connectivity index (χ0n) is 15.1. The van der Waals surface area contributed by atoms with E-state index in [9.17, 15) is 4.79 Å². The number of nitrogens with one attached hydrogen (secondary N) is 1. The lowest BCUT2D eigenvalue weighted by Gasteiger charge is -2.23. The Labute approximate surface area is 157 Å². The normalized spacial score (nSPS) is 16.0. The van der Waals surface area contributed by atoms with Crippen molar-refractivity contribution in [2.24, 2.45) is 0 Å². The number of furan rings is 1. The van der Waals surface area contributed by atoms with E-state index >= 15 is 0 Å². The molecule has 0 radical (unpaired) electrons. The van der Waals surface area contributed by atoms with Crippen LogP contribution >= 0.6 is 0 Å². The molecule has 138 valence electrons. The van der Waals surface area contributed by atoms with Gasteiger partial charge in [-0.05, 0) is 42.2 Å². The summed E-state index contributed by atoms with van der Waals surface area (Å²) in [5.41, 5.74) is 2.57. The molecule has 2 aromatic heterocycles. The first-order valence-electron chi connectivity index (χ1n) is 9.02. The maximum Gasteiger partial charge on any atom is 0.222 e. The Balaban J connectivity index is 1.47. The maximum absolute atomic E-state index is 12.5. The van der Waals surface area contributed by atoms with Crippen molar-refractivity contribution in [3.05, 3.63) is 71.4 Å². The van der Waals surface area contributed by atoms with Crippen LogP contribution in [-0.4, -0.2) is 29.4 Å². The highest BCUT2D eigenvalue weighted by Gasteiger charge is 2.28. The molecule has 2 heterocycles.